The van der Waals surface area contributed by atoms with Gasteiger partial charge in [-0.15, -0.1) is 11.3 Å². The molecule has 0 aliphatic carbocycles. The monoisotopic (exact) mass is 314 g/mol. The summed E-state index contributed by atoms with van der Waals surface area (Å²) in [5, 5.41) is 4.77. The number of aromatic nitrogens is 2. The highest BCUT2D eigenvalue weighted by molar-refractivity contribution is 7.13. The molecule has 112 valence electrons. The smallest absolute Gasteiger partial charge is 0.350 e. The van der Waals surface area contributed by atoms with E-state index < -0.39 is 0 Å². The van der Waals surface area contributed by atoms with Gasteiger partial charge in [0.2, 0.25) is 0 Å². The molecule has 0 saturated carbocycles. The van der Waals surface area contributed by atoms with Gasteiger partial charge in [-0.1, -0.05) is 35.5 Å². The number of rotatable bonds is 4. The molecule has 0 atom stereocenters. The quantitative estimate of drug-likeness (QED) is 0.686. The number of nitrogens with zero attached hydrogens (tertiary/aromatic N) is 2. The summed E-state index contributed by atoms with van der Waals surface area (Å²) < 4.78 is 10.5. The molecule has 0 unspecified atom stereocenters. The van der Waals surface area contributed by atoms with E-state index in [9.17, 15) is 4.79 Å². The normalized spacial score (nSPS) is 10.6. The van der Waals surface area contributed by atoms with Crippen molar-refractivity contribution in [2.45, 2.75) is 20.5 Å². The molecule has 0 fully saturated rings. The molecule has 2 heterocycles. The van der Waals surface area contributed by atoms with E-state index in [1.54, 1.807) is 13.0 Å². The minimum absolute atomic E-state index is 0.0750. The van der Waals surface area contributed by atoms with Crippen molar-refractivity contribution in [1.29, 1.82) is 0 Å². The average molecular weight is 314 g/mol. The fraction of sp³-hybridized carbons (Fsp3) is 0.188. The molecule has 0 aliphatic heterocycles. The van der Waals surface area contributed by atoms with Crippen LogP contribution in [0.3, 0.4) is 0 Å². The van der Waals surface area contributed by atoms with Crippen LogP contribution in [0.25, 0.3) is 11.3 Å². The van der Waals surface area contributed by atoms with Crippen molar-refractivity contribution >= 4 is 17.3 Å². The highest BCUT2D eigenvalue weighted by Crippen LogP contribution is 2.21. The number of carbonyl (C=O) groups excluding carboxylic acids is 1. The maximum Gasteiger partial charge on any atom is 0.350 e. The number of thiazole rings is 1. The van der Waals surface area contributed by atoms with Gasteiger partial charge in [0.1, 0.15) is 17.2 Å². The van der Waals surface area contributed by atoms with Crippen LogP contribution >= 0.6 is 11.3 Å². The van der Waals surface area contributed by atoms with Crippen LogP contribution in [0, 0.1) is 13.8 Å². The summed E-state index contributed by atoms with van der Waals surface area (Å²) in [5.74, 6) is 0.267. The zero-order chi connectivity index (χ0) is 15.5. The van der Waals surface area contributed by atoms with E-state index in [0.717, 1.165) is 10.6 Å². The Hall–Kier alpha value is -2.47. The first kappa shape index (κ1) is 14.5. The second-order valence-electron chi connectivity index (χ2n) is 4.77. The zero-order valence-electron chi connectivity index (χ0n) is 12.2. The first-order valence-corrected chi connectivity index (χ1v) is 7.57. The highest BCUT2D eigenvalue weighted by atomic mass is 32.1. The standard InChI is InChI=1S/C16H14N2O3S/c1-10-15(22-11(2)17-10)16(19)20-9-13-8-14(21-18-13)12-6-4-3-5-7-12/h3-8H,9H2,1-2H3. The minimum atomic E-state index is -0.382. The van der Waals surface area contributed by atoms with E-state index in [1.165, 1.54) is 11.3 Å². The SMILES string of the molecule is Cc1nc(C)c(C(=O)OCc2cc(-c3ccccc3)on2)s1. The second kappa shape index (κ2) is 6.11. The summed E-state index contributed by atoms with van der Waals surface area (Å²) in [6.45, 7) is 3.73. The molecule has 0 radical (unpaired) electrons. The summed E-state index contributed by atoms with van der Waals surface area (Å²) >= 11 is 1.33. The van der Waals surface area contributed by atoms with Crippen molar-refractivity contribution in [3.8, 4) is 11.3 Å². The maximum atomic E-state index is 12.0. The summed E-state index contributed by atoms with van der Waals surface area (Å²) in [6, 6.07) is 11.4. The van der Waals surface area contributed by atoms with Crippen molar-refractivity contribution in [2.24, 2.45) is 0 Å². The van der Waals surface area contributed by atoms with E-state index in [0.29, 0.717) is 22.0 Å². The Kier molecular flexibility index (Phi) is 4.02. The van der Waals surface area contributed by atoms with Crippen LogP contribution in [0.1, 0.15) is 26.1 Å². The lowest BCUT2D eigenvalue weighted by Crippen LogP contribution is -2.05. The molecule has 6 heteroatoms. The average Bonchev–Trinajstić information content (AvgIpc) is 3.12. The number of hydrogen-bond acceptors (Lipinski definition) is 6. The molecule has 0 bridgehead atoms. The predicted octanol–water partition coefficient (Wildman–Crippen LogP) is 3.77. The lowest BCUT2D eigenvalue weighted by molar-refractivity contribution is 0.0469. The molecule has 0 amide bonds. The number of hydrogen-bond donors (Lipinski definition) is 0. The maximum absolute atomic E-state index is 12.0. The first-order chi connectivity index (χ1) is 10.6. The van der Waals surface area contributed by atoms with Gasteiger partial charge in [0.25, 0.3) is 0 Å². The Morgan fingerprint density at radius 3 is 2.73 bits per heavy atom. The molecule has 0 saturated heterocycles. The van der Waals surface area contributed by atoms with Crippen LogP contribution in [0.15, 0.2) is 40.9 Å². The Morgan fingerprint density at radius 1 is 1.27 bits per heavy atom. The lowest BCUT2D eigenvalue weighted by atomic mass is 10.2. The van der Waals surface area contributed by atoms with Gasteiger partial charge in [-0.3, -0.25) is 0 Å². The summed E-state index contributed by atoms with van der Waals surface area (Å²) in [6.07, 6.45) is 0. The van der Waals surface area contributed by atoms with Crippen LogP contribution in [0.2, 0.25) is 0 Å². The number of benzene rings is 1. The first-order valence-electron chi connectivity index (χ1n) is 6.75. The lowest BCUT2D eigenvalue weighted by Gasteiger charge is -2.00. The van der Waals surface area contributed by atoms with Gasteiger partial charge in [0, 0.05) is 11.6 Å². The van der Waals surface area contributed by atoms with Gasteiger partial charge >= 0.3 is 5.97 Å². The van der Waals surface area contributed by atoms with Crippen LogP contribution in [-0.2, 0) is 11.3 Å². The van der Waals surface area contributed by atoms with Crippen molar-refractivity contribution in [2.75, 3.05) is 0 Å². The Morgan fingerprint density at radius 2 is 2.05 bits per heavy atom. The van der Waals surface area contributed by atoms with Crippen molar-refractivity contribution in [1.82, 2.24) is 10.1 Å². The van der Waals surface area contributed by atoms with E-state index in [2.05, 4.69) is 10.1 Å². The molecule has 0 spiro atoms. The molecule has 5 nitrogen and oxygen atoms in total. The minimum Gasteiger partial charge on any atom is -0.455 e. The Balaban J connectivity index is 1.66. The van der Waals surface area contributed by atoms with Gasteiger partial charge in [-0.05, 0) is 13.8 Å². The van der Waals surface area contributed by atoms with Crippen LogP contribution in [-0.4, -0.2) is 16.1 Å². The fourth-order valence-electron chi connectivity index (χ4n) is 2.04. The van der Waals surface area contributed by atoms with Crippen LogP contribution in [0.4, 0.5) is 0 Å². The second-order valence-corrected chi connectivity index (χ2v) is 5.98. The number of carbonyl (C=O) groups is 1. The number of aryl methyl sites for hydroxylation is 2. The summed E-state index contributed by atoms with van der Waals surface area (Å²) in [7, 11) is 0. The third-order valence-corrected chi connectivity index (χ3v) is 4.11. The summed E-state index contributed by atoms with van der Waals surface area (Å²) in [4.78, 5) is 16.8. The zero-order valence-corrected chi connectivity index (χ0v) is 13.0. The third kappa shape index (κ3) is 3.07. The van der Waals surface area contributed by atoms with Crippen LogP contribution in [0.5, 0.6) is 0 Å². The van der Waals surface area contributed by atoms with Gasteiger partial charge < -0.3 is 9.26 Å². The van der Waals surface area contributed by atoms with E-state index in [1.807, 2.05) is 37.3 Å². The third-order valence-electron chi connectivity index (χ3n) is 3.06. The Labute approximate surface area is 131 Å². The van der Waals surface area contributed by atoms with Crippen LogP contribution < -0.4 is 0 Å². The molecule has 3 aromatic rings. The van der Waals surface area contributed by atoms with E-state index >= 15 is 0 Å². The molecule has 2 aromatic heterocycles. The number of esters is 1. The van der Waals surface area contributed by atoms with E-state index in [-0.39, 0.29) is 12.6 Å². The Bertz CT molecular complexity index is 793. The summed E-state index contributed by atoms with van der Waals surface area (Å²) in [5.41, 5.74) is 2.20. The van der Waals surface area contributed by atoms with Gasteiger partial charge in [0.15, 0.2) is 5.76 Å². The molecular weight excluding hydrogens is 300 g/mol. The molecule has 22 heavy (non-hydrogen) atoms. The fourth-order valence-corrected chi connectivity index (χ4v) is 2.86. The van der Waals surface area contributed by atoms with Gasteiger partial charge in [-0.2, -0.15) is 0 Å². The molecule has 0 N–H and O–H groups in total. The molecule has 0 aliphatic rings. The molecular formula is C16H14N2O3S. The van der Waals surface area contributed by atoms with E-state index in [4.69, 9.17) is 9.26 Å². The van der Waals surface area contributed by atoms with Gasteiger partial charge in [0.05, 0.1) is 10.7 Å². The van der Waals surface area contributed by atoms with Crippen molar-refractivity contribution in [3.63, 3.8) is 0 Å². The highest BCUT2D eigenvalue weighted by Gasteiger charge is 2.16. The van der Waals surface area contributed by atoms with Crippen molar-refractivity contribution < 1.29 is 14.1 Å². The largest absolute Gasteiger partial charge is 0.455 e. The number of ether oxygens (including phenoxy) is 1. The molecule has 1 aromatic carbocycles. The van der Waals surface area contributed by atoms with Crippen molar-refractivity contribution in [3.05, 3.63) is 57.7 Å². The van der Waals surface area contributed by atoms with Gasteiger partial charge in [-0.25, -0.2) is 9.78 Å². The molecule has 3 rings (SSSR count). The topological polar surface area (TPSA) is 65.2 Å². The predicted molar refractivity (Wildman–Crippen MR) is 82.6 cm³/mol.